The summed E-state index contributed by atoms with van der Waals surface area (Å²) in [6.07, 6.45) is 4.19. The second-order valence-electron chi connectivity index (χ2n) is 3.70. The SMILES string of the molecule is COc1c(SC)cccc1C1(N)CC1. The lowest BCUT2D eigenvalue weighted by Crippen LogP contribution is -2.19. The standard InChI is InChI=1S/C11H15NOS/c1-13-10-8(11(12)6-7-11)4-3-5-9(10)14-2/h3-5H,6-7,12H2,1-2H3. The van der Waals surface area contributed by atoms with Gasteiger partial charge in [0, 0.05) is 16.0 Å². The molecule has 0 bridgehead atoms. The van der Waals surface area contributed by atoms with E-state index in [1.807, 2.05) is 0 Å². The van der Waals surface area contributed by atoms with E-state index in [1.54, 1.807) is 18.9 Å². The molecule has 1 fully saturated rings. The van der Waals surface area contributed by atoms with Crippen molar-refractivity contribution in [2.24, 2.45) is 5.73 Å². The summed E-state index contributed by atoms with van der Waals surface area (Å²) in [7, 11) is 1.71. The topological polar surface area (TPSA) is 35.2 Å². The highest BCUT2D eigenvalue weighted by molar-refractivity contribution is 7.98. The summed E-state index contributed by atoms with van der Waals surface area (Å²) in [6.45, 7) is 0. The molecule has 3 heteroatoms. The van der Waals surface area contributed by atoms with Gasteiger partial charge in [-0.15, -0.1) is 11.8 Å². The molecule has 2 N–H and O–H groups in total. The normalized spacial score (nSPS) is 17.9. The predicted octanol–water partition coefficient (Wildman–Crippen LogP) is 2.36. The zero-order chi connectivity index (χ0) is 10.2. The van der Waals surface area contributed by atoms with Crippen LogP contribution in [0.4, 0.5) is 0 Å². The summed E-state index contributed by atoms with van der Waals surface area (Å²) >= 11 is 1.70. The van der Waals surface area contributed by atoms with Gasteiger partial charge in [-0.25, -0.2) is 0 Å². The molecule has 2 rings (SSSR count). The van der Waals surface area contributed by atoms with Gasteiger partial charge in [-0.2, -0.15) is 0 Å². The molecule has 76 valence electrons. The molecule has 0 atom stereocenters. The largest absolute Gasteiger partial charge is 0.495 e. The van der Waals surface area contributed by atoms with Crippen molar-refractivity contribution < 1.29 is 4.74 Å². The Morgan fingerprint density at radius 3 is 2.64 bits per heavy atom. The number of ether oxygens (including phenoxy) is 1. The zero-order valence-electron chi connectivity index (χ0n) is 8.54. The van der Waals surface area contributed by atoms with Crippen molar-refractivity contribution in [3.05, 3.63) is 23.8 Å². The molecule has 1 aliphatic carbocycles. The first-order valence-electron chi connectivity index (χ1n) is 4.71. The van der Waals surface area contributed by atoms with Gasteiger partial charge in [-0.05, 0) is 25.2 Å². The molecule has 1 aliphatic rings. The van der Waals surface area contributed by atoms with Gasteiger partial charge in [0.25, 0.3) is 0 Å². The fourth-order valence-corrected chi connectivity index (χ4v) is 2.28. The first-order chi connectivity index (χ1) is 6.71. The first-order valence-corrected chi connectivity index (χ1v) is 5.94. The van der Waals surface area contributed by atoms with Crippen molar-refractivity contribution in [2.45, 2.75) is 23.3 Å². The molecule has 0 aromatic heterocycles. The maximum absolute atomic E-state index is 6.18. The Bertz CT molecular complexity index is 347. The van der Waals surface area contributed by atoms with Crippen LogP contribution in [0.2, 0.25) is 0 Å². The van der Waals surface area contributed by atoms with E-state index >= 15 is 0 Å². The number of para-hydroxylation sites is 1. The summed E-state index contributed by atoms with van der Waals surface area (Å²) in [5, 5.41) is 0. The first kappa shape index (κ1) is 9.87. The molecule has 0 radical (unpaired) electrons. The highest BCUT2D eigenvalue weighted by Gasteiger charge is 2.42. The number of benzene rings is 1. The number of methoxy groups -OCH3 is 1. The van der Waals surface area contributed by atoms with E-state index in [2.05, 4.69) is 24.5 Å². The van der Waals surface area contributed by atoms with E-state index in [1.165, 1.54) is 4.90 Å². The summed E-state index contributed by atoms with van der Waals surface area (Å²) in [6, 6.07) is 6.20. The van der Waals surface area contributed by atoms with Crippen LogP contribution in [0.15, 0.2) is 23.1 Å². The van der Waals surface area contributed by atoms with Crippen molar-refractivity contribution in [2.75, 3.05) is 13.4 Å². The zero-order valence-corrected chi connectivity index (χ0v) is 9.36. The molecule has 0 amide bonds. The van der Waals surface area contributed by atoms with E-state index in [0.717, 1.165) is 24.2 Å². The summed E-state index contributed by atoms with van der Waals surface area (Å²) in [4.78, 5) is 1.17. The minimum absolute atomic E-state index is 0.114. The number of thioether (sulfide) groups is 1. The molecule has 2 nitrogen and oxygen atoms in total. The maximum atomic E-state index is 6.18. The van der Waals surface area contributed by atoms with E-state index in [-0.39, 0.29) is 5.54 Å². The Morgan fingerprint density at radius 2 is 2.14 bits per heavy atom. The van der Waals surface area contributed by atoms with Gasteiger partial charge < -0.3 is 10.5 Å². The minimum atomic E-state index is -0.114. The van der Waals surface area contributed by atoms with E-state index in [4.69, 9.17) is 10.5 Å². The molecule has 0 saturated heterocycles. The fraction of sp³-hybridized carbons (Fsp3) is 0.455. The molecular formula is C11H15NOS. The molecule has 0 spiro atoms. The van der Waals surface area contributed by atoms with Gasteiger partial charge in [-0.3, -0.25) is 0 Å². The smallest absolute Gasteiger partial charge is 0.137 e. The monoisotopic (exact) mass is 209 g/mol. The van der Waals surface area contributed by atoms with Crippen molar-refractivity contribution in [3.63, 3.8) is 0 Å². The fourth-order valence-electron chi connectivity index (χ4n) is 1.68. The number of nitrogens with two attached hydrogens (primary N) is 1. The van der Waals surface area contributed by atoms with Crippen LogP contribution in [0.3, 0.4) is 0 Å². The lowest BCUT2D eigenvalue weighted by atomic mass is 10.0. The third kappa shape index (κ3) is 1.51. The quantitative estimate of drug-likeness (QED) is 0.776. The van der Waals surface area contributed by atoms with Crippen molar-refractivity contribution in [1.82, 2.24) is 0 Å². The van der Waals surface area contributed by atoms with Gasteiger partial charge in [-0.1, -0.05) is 12.1 Å². The van der Waals surface area contributed by atoms with Crippen LogP contribution in [-0.4, -0.2) is 13.4 Å². The van der Waals surface area contributed by atoms with Gasteiger partial charge >= 0.3 is 0 Å². The Hall–Kier alpha value is -0.670. The van der Waals surface area contributed by atoms with Crippen molar-refractivity contribution in [1.29, 1.82) is 0 Å². The predicted molar refractivity (Wildman–Crippen MR) is 59.9 cm³/mol. The van der Waals surface area contributed by atoms with Gasteiger partial charge in [0.1, 0.15) is 5.75 Å². The second-order valence-corrected chi connectivity index (χ2v) is 4.55. The lowest BCUT2D eigenvalue weighted by molar-refractivity contribution is 0.394. The van der Waals surface area contributed by atoms with E-state index in [9.17, 15) is 0 Å². The summed E-state index contributed by atoms with van der Waals surface area (Å²) in [5.74, 6) is 0.958. The average molecular weight is 209 g/mol. The number of hydrogen-bond acceptors (Lipinski definition) is 3. The van der Waals surface area contributed by atoms with Crippen molar-refractivity contribution in [3.8, 4) is 5.75 Å². The van der Waals surface area contributed by atoms with Crippen molar-refractivity contribution >= 4 is 11.8 Å². The Balaban J connectivity index is 2.48. The third-order valence-electron chi connectivity index (χ3n) is 2.73. The molecular weight excluding hydrogens is 194 g/mol. The Morgan fingerprint density at radius 1 is 1.43 bits per heavy atom. The highest BCUT2D eigenvalue weighted by atomic mass is 32.2. The summed E-state index contributed by atoms with van der Waals surface area (Å²) < 4.78 is 5.43. The number of rotatable bonds is 3. The molecule has 1 saturated carbocycles. The highest BCUT2D eigenvalue weighted by Crippen LogP contribution is 2.48. The van der Waals surface area contributed by atoms with Crippen LogP contribution in [0.25, 0.3) is 0 Å². The molecule has 14 heavy (non-hydrogen) atoms. The molecule has 1 aromatic carbocycles. The number of hydrogen-bond donors (Lipinski definition) is 1. The van der Waals surface area contributed by atoms with Crippen LogP contribution in [-0.2, 0) is 5.54 Å². The molecule has 0 aliphatic heterocycles. The van der Waals surface area contributed by atoms with Crippen LogP contribution in [0.5, 0.6) is 5.75 Å². The van der Waals surface area contributed by atoms with Gasteiger partial charge in [0.05, 0.1) is 7.11 Å². The van der Waals surface area contributed by atoms with Gasteiger partial charge in [0.2, 0.25) is 0 Å². The van der Waals surface area contributed by atoms with E-state index < -0.39 is 0 Å². The van der Waals surface area contributed by atoms with Crippen LogP contribution in [0, 0.1) is 0 Å². The summed E-state index contributed by atoms with van der Waals surface area (Å²) in [5.41, 5.74) is 7.22. The lowest BCUT2D eigenvalue weighted by Gasteiger charge is -2.16. The molecule has 0 heterocycles. The molecule has 0 unspecified atom stereocenters. The van der Waals surface area contributed by atoms with Crippen LogP contribution in [0.1, 0.15) is 18.4 Å². The minimum Gasteiger partial charge on any atom is -0.495 e. The maximum Gasteiger partial charge on any atom is 0.137 e. The second kappa shape index (κ2) is 3.48. The molecule has 1 aromatic rings. The van der Waals surface area contributed by atoms with Crippen LogP contribution >= 0.6 is 11.8 Å². The van der Waals surface area contributed by atoms with Gasteiger partial charge in [0.15, 0.2) is 0 Å². The average Bonchev–Trinajstić information content (AvgIpc) is 2.96. The Labute approximate surface area is 88.8 Å². The van der Waals surface area contributed by atoms with E-state index in [0.29, 0.717) is 0 Å². The Kier molecular flexibility index (Phi) is 2.45. The van der Waals surface area contributed by atoms with Crippen LogP contribution < -0.4 is 10.5 Å². The third-order valence-corrected chi connectivity index (χ3v) is 3.49.